The molecule has 0 amide bonds. The first-order valence-electron chi connectivity index (χ1n) is 9.00. The van der Waals surface area contributed by atoms with Crippen molar-refractivity contribution in [1.82, 2.24) is 10.3 Å². The average molecular weight is 319 g/mol. The number of pyridine rings is 1. The van der Waals surface area contributed by atoms with E-state index >= 15 is 0 Å². The lowest BCUT2D eigenvalue weighted by atomic mass is 10.0. The Kier molecular flexibility index (Phi) is 6.11. The zero-order valence-electron chi connectivity index (χ0n) is 14.2. The molecule has 2 aliphatic rings. The molecule has 3 heterocycles. The number of aryl methyl sites for hydroxylation is 2. The molecule has 1 atom stereocenters. The third-order valence-corrected chi connectivity index (χ3v) is 4.70. The summed E-state index contributed by atoms with van der Waals surface area (Å²) in [5, 5.41) is 6.73. The Balaban J connectivity index is 1.42. The van der Waals surface area contributed by atoms with Gasteiger partial charge in [0.2, 0.25) is 0 Å². The summed E-state index contributed by atoms with van der Waals surface area (Å²) in [4.78, 5) is 4.79. The number of nitrogens with one attached hydrogen (secondary N) is 2. The molecular formula is C18H29N3O2. The largest absolute Gasteiger partial charge is 0.495 e. The highest BCUT2D eigenvalue weighted by Crippen LogP contribution is 2.28. The molecule has 0 unspecified atom stereocenters. The van der Waals surface area contributed by atoms with Gasteiger partial charge in [0.05, 0.1) is 18.9 Å². The van der Waals surface area contributed by atoms with Gasteiger partial charge < -0.3 is 20.1 Å². The minimum absolute atomic E-state index is 0.434. The molecule has 23 heavy (non-hydrogen) atoms. The number of rotatable bonds is 8. The van der Waals surface area contributed by atoms with Gasteiger partial charge in [-0.05, 0) is 56.7 Å². The van der Waals surface area contributed by atoms with Crippen LogP contribution >= 0.6 is 0 Å². The SMILES string of the molecule is COc1cc2c(nc1CCCCCO[C@@H]1CCNC1)NCCC2. The van der Waals surface area contributed by atoms with E-state index in [9.17, 15) is 0 Å². The van der Waals surface area contributed by atoms with E-state index in [1.165, 1.54) is 18.4 Å². The Morgan fingerprint density at radius 3 is 3.04 bits per heavy atom. The molecule has 1 fully saturated rings. The van der Waals surface area contributed by atoms with Crippen molar-refractivity contribution < 1.29 is 9.47 Å². The second-order valence-electron chi connectivity index (χ2n) is 6.47. The van der Waals surface area contributed by atoms with Crippen molar-refractivity contribution in [2.45, 2.75) is 51.0 Å². The topological polar surface area (TPSA) is 55.4 Å². The maximum atomic E-state index is 5.86. The van der Waals surface area contributed by atoms with Crippen LogP contribution < -0.4 is 15.4 Å². The molecule has 1 aromatic rings. The summed E-state index contributed by atoms with van der Waals surface area (Å²) < 4.78 is 11.4. The maximum absolute atomic E-state index is 5.86. The Morgan fingerprint density at radius 2 is 2.22 bits per heavy atom. The van der Waals surface area contributed by atoms with E-state index in [1.807, 2.05) is 0 Å². The number of hydrogen-bond acceptors (Lipinski definition) is 5. The van der Waals surface area contributed by atoms with Crippen molar-refractivity contribution in [3.05, 3.63) is 17.3 Å². The molecule has 0 aliphatic carbocycles. The van der Waals surface area contributed by atoms with Crippen molar-refractivity contribution in [2.75, 3.05) is 38.7 Å². The van der Waals surface area contributed by atoms with Gasteiger partial charge >= 0.3 is 0 Å². The van der Waals surface area contributed by atoms with Crippen LogP contribution in [0.25, 0.3) is 0 Å². The lowest BCUT2D eigenvalue weighted by Gasteiger charge is -2.19. The van der Waals surface area contributed by atoms with Crippen LogP contribution in [0.15, 0.2) is 6.07 Å². The van der Waals surface area contributed by atoms with E-state index in [-0.39, 0.29) is 0 Å². The summed E-state index contributed by atoms with van der Waals surface area (Å²) >= 11 is 0. The Labute approximate surface area is 139 Å². The van der Waals surface area contributed by atoms with Gasteiger partial charge in [0, 0.05) is 19.7 Å². The standard InChI is InChI=1S/C18H29N3O2/c1-22-17-12-14-6-5-9-20-18(14)21-16(17)7-3-2-4-11-23-15-8-10-19-13-15/h12,15,19H,2-11,13H2,1H3,(H,20,21)/t15-/m1/s1. The molecule has 3 rings (SSSR count). The highest BCUT2D eigenvalue weighted by molar-refractivity contribution is 5.51. The number of nitrogens with zero attached hydrogens (tertiary/aromatic N) is 1. The number of anilines is 1. The van der Waals surface area contributed by atoms with Crippen LogP contribution in [-0.2, 0) is 17.6 Å². The Hall–Kier alpha value is -1.33. The first-order chi connectivity index (χ1) is 11.4. The van der Waals surface area contributed by atoms with Gasteiger partial charge in [-0.2, -0.15) is 0 Å². The summed E-state index contributed by atoms with van der Waals surface area (Å²) in [5.41, 5.74) is 2.37. The number of methoxy groups -OCH3 is 1. The summed E-state index contributed by atoms with van der Waals surface area (Å²) in [5.74, 6) is 2.00. The molecular weight excluding hydrogens is 290 g/mol. The fourth-order valence-electron chi connectivity index (χ4n) is 3.35. The molecule has 5 heteroatoms. The maximum Gasteiger partial charge on any atom is 0.140 e. The lowest BCUT2D eigenvalue weighted by molar-refractivity contribution is 0.0642. The monoisotopic (exact) mass is 319 g/mol. The molecule has 1 aromatic heterocycles. The van der Waals surface area contributed by atoms with Gasteiger partial charge in [-0.1, -0.05) is 6.42 Å². The molecule has 0 spiro atoms. The van der Waals surface area contributed by atoms with E-state index in [4.69, 9.17) is 14.5 Å². The van der Waals surface area contributed by atoms with Crippen molar-refractivity contribution in [1.29, 1.82) is 0 Å². The zero-order chi connectivity index (χ0) is 15.9. The zero-order valence-corrected chi connectivity index (χ0v) is 14.2. The second-order valence-corrected chi connectivity index (χ2v) is 6.47. The van der Waals surface area contributed by atoms with Crippen molar-refractivity contribution in [3.8, 4) is 5.75 Å². The lowest BCUT2D eigenvalue weighted by Crippen LogP contribution is -2.17. The molecule has 0 radical (unpaired) electrons. The third-order valence-electron chi connectivity index (χ3n) is 4.70. The highest BCUT2D eigenvalue weighted by Gasteiger charge is 2.16. The van der Waals surface area contributed by atoms with Gasteiger partial charge in [0.25, 0.3) is 0 Å². The van der Waals surface area contributed by atoms with Crippen LogP contribution in [-0.4, -0.2) is 44.4 Å². The predicted molar refractivity (Wildman–Crippen MR) is 92.4 cm³/mol. The van der Waals surface area contributed by atoms with E-state index in [2.05, 4.69) is 16.7 Å². The molecule has 2 N–H and O–H groups in total. The van der Waals surface area contributed by atoms with Crippen molar-refractivity contribution in [3.63, 3.8) is 0 Å². The Bertz CT molecular complexity index is 501. The van der Waals surface area contributed by atoms with E-state index in [0.29, 0.717) is 6.10 Å². The number of hydrogen-bond donors (Lipinski definition) is 2. The minimum atomic E-state index is 0.434. The van der Waals surface area contributed by atoms with E-state index in [1.54, 1.807) is 7.11 Å². The number of unbranched alkanes of at least 4 members (excludes halogenated alkanes) is 2. The second kappa shape index (κ2) is 8.50. The fourth-order valence-corrected chi connectivity index (χ4v) is 3.35. The highest BCUT2D eigenvalue weighted by atomic mass is 16.5. The molecule has 2 aliphatic heterocycles. The van der Waals surface area contributed by atoms with Crippen LogP contribution in [0.1, 0.15) is 43.4 Å². The van der Waals surface area contributed by atoms with Gasteiger partial charge in [-0.15, -0.1) is 0 Å². The Morgan fingerprint density at radius 1 is 1.26 bits per heavy atom. The fraction of sp³-hybridized carbons (Fsp3) is 0.722. The summed E-state index contributed by atoms with van der Waals surface area (Å²) in [6.07, 6.45) is 8.27. The average Bonchev–Trinajstić information content (AvgIpc) is 3.10. The van der Waals surface area contributed by atoms with E-state index < -0.39 is 0 Å². The smallest absolute Gasteiger partial charge is 0.140 e. The van der Waals surface area contributed by atoms with Gasteiger partial charge in [0.15, 0.2) is 0 Å². The first kappa shape index (κ1) is 16.5. The van der Waals surface area contributed by atoms with Crippen LogP contribution in [0, 0.1) is 0 Å². The van der Waals surface area contributed by atoms with Gasteiger partial charge in [0.1, 0.15) is 11.6 Å². The number of aromatic nitrogens is 1. The predicted octanol–water partition coefficient (Wildman–Crippen LogP) is 2.54. The molecule has 0 aromatic carbocycles. The molecule has 0 bridgehead atoms. The summed E-state index contributed by atoms with van der Waals surface area (Å²) in [6, 6.07) is 2.17. The summed E-state index contributed by atoms with van der Waals surface area (Å²) in [6.45, 7) is 4.02. The molecule has 128 valence electrons. The molecule has 1 saturated heterocycles. The quantitative estimate of drug-likeness (QED) is 0.721. The van der Waals surface area contributed by atoms with Crippen LogP contribution in [0.3, 0.4) is 0 Å². The summed E-state index contributed by atoms with van der Waals surface area (Å²) in [7, 11) is 1.74. The van der Waals surface area contributed by atoms with Crippen molar-refractivity contribution >= 4 is 5.82 Å². The molecule has 5 nitrogen and oxygen atoms in total. The molecule has 0 saturated carbocycles. The van der Waals surface area contributed by atoms with E-state index in [0.717, 1.165) is 75.6 Å². The number of fused-ring (bicyclic) bond motifs is 1. The minimum Gasteiger partial charge on any atom is -0.495 e. The number of ether oxygens (including phenoxy) is 2. The van der Waals surface area contributed by atoms with Crippen LogP contribution in [0.4, 0.5) is 5.82 Å². The first-order valence-corrected chi connectivity index (χ1v) is 9.00. The van der Waals surface area contributed by atoms with Gasteiger partial charge in [-0.25, -0.2) is 4.98 Å². The normalized spacial score (nSPS) is 20.1. The van der Waals surface area contributed by atoms with Crippen molar-refractivity contribution in [2.24, 2.45) is 0 Å². The van der Waals surface area contributed by atoms with Crippen LogP contribution in [0.5, 0.6) is 5.75 Å². The van der Waals surface area contributed by atoms with Gasteiger partial charge in [-0.3, -0.25) is 0 Å². The third kappa shape index (κ3) is 4.58. The van der Waals surface area contributed by atoms with Crippen LogP contribution in [0.2, 0.25) is 0 Å².